The van der Waals surface area contributed by atoms with Gasteiger partial charge in [0.05, 0.1) is 7.05 Å². The monoisotopic (exact) mass is 178 g/mol. The first-order chi connectivity index (χ1) is 6.36. The van der Waals surface area contributed by atoms with Crippen LogP contribution in [0.15, 0.2) is 30.3 Å². The summed E-state index contributed by atoms with van der Waals surface area (Å²) >= 11 is 0. The minimum atomic E-state index is 0.676. The normalized spacial score (nSPS) is 28.7. The second-order valence-electron chi connectivity index (χ2n) is 3.95. The molecule has 13 heavy (non-hydrogen) atoms. The van der Waals surface area contributed by atoms with Crippen molar-refractivity contribution in [2.24, 2.45) is 0 Å². The van der Waals surface area contributed by atoms with E-state index in [1.54, 1.807) is 4.90 Å². The third-order valence-corrected chi connectivity index (χ3v) is 2.82. The van der Waals surface area contributed by atoms with Crippen LogP contribution in [-0.4, -0.2) is 26.7 Å². The summed E-state index contributed by atoms with van der Waals surface area (Å²) in [6.07, 6.45) is 0. The summed E-state index contributed by atoms with van der Waals surface area (Å²) < 4.78 is 0. The van der Waals surface area contributed by atoms with Crippen LogP contribution in [0.25, 0.3) is 0 Å². The van der Waals surface area contributed by atoms with E-state index >= 15 is 0 Å². The molecule has 1 saturated heterocycles. The van der Waals surface area contributed by atoms with Crippen molar-refractivity contribution in [3.63, 3.8) is 0 Å². The number of quaternary nitrogens is 2. The molecule has 2 nitrogen and oxygen atoms in total. The molecule has 70 valence electrons. The zero-order chi connectivity index (χ0) is 9.10. The Morgan fingerprint density at radius 2 is 2.08 bits per heavy atom. The molecule has 1 fully saturated rings. The Morgan fingerprint density at radius 3 is 2.77 bits per heavy atom. The van der Waals surface area contributed by atoms with Crippen LogP contribution in [-0.2, 0) is 0 Å². The van der Waals surface area contributed by atoms with Crippen molar-refractivity contribution in [1.82, 2.24) is 0 Å². The molecule has 3 N–H and O–H groups in total. The summed E-state index contributed by atoms with van der Waals surface area (Å²) in [7, 11) is 2.28. The van der Waals surface area contributed by atoms with E-state index in [0.717, 1.165) is 0 Å². The number of nitrogens with two attached hydrogens (primary N) is 1. The van der Waals surface area contributed by atoms with E-state index in [2.05, 4.69) is 42.7 Å². The molecule has 2 rings (SSSR count). The fourth-order valence-corrected chi connectivity index (χ4v) is 2.05. The average molecular weight is 178 g/mol. The van der Waals surface area contributed by atoms with Gasteiger partial charge in [-0.25, -0.2) is 0 Å². The fraction of sp³-hybridized carbons (Fsp3) is 0.455. The van der Waals surface area contributed by atoms with E-state index in [4.69, 9.17) is 0 Å². The fourth-order valence-electron chi connectivity index (χ4n) is 2.05. The van der Waals surface area contributed by atoms with Crippen molar-refractivity contribution in [2.45, 2.75) is 6.04 Å². The van der Waals surface area contributed by atoms with Crippen LogP contribution in [0.3, 0.4) is 0 Å². The molecule has 0 aliphatic carbocycles. The second kappa shape index (κ2) is 3.90. The Labute approximate surface area is 79.6 Å². The third-order valence-electron chi connectivity index (χ3n) is 2.82. The van der Waals surface area contributed by atoms with Crippen LogP contribution >= 0.6 is 0 Å². The predicted molar refractivity (Wildman–Crippen MR) is 52.6 cm³/mol. The van der Waals surface area contributed by atoms with Gasteiger partial charge in [-0.3, -0.25) is 0 Å². The first kappa shape index (κ1) is 8.73. The van der Waals surface area contributed by atoms with Crippen LogP contribution in [0.5, 0.6) is 0 Å². The maximum absolute atomic E-state index is 2.46. The molecular formula is C11H18N2+2. The molecule has 0 aromatic heterocycles. The number of hydrogen-bond donors (Lipinski definition) is 2. The van der Waals surface area contributed by atoms with Gasteiger partial charge < -0.3 is 10.2 Å². The number of piperazine rings is 1. The lowest BCUT2D eigenvalue weighted by molar-refractivity contribution is -0.945. The SMILES string of the molecule is C[NH+]1CC[NH2+][C@@H](c2ccccc2)C1. The van der Waals surface area contributed by atoms with Crippen molar-refractivity contribution in [2.75, 3.05) is 26.7 Å². The third kappa shape index (κ3) is 2.08. The quantitative estimate of drug-likeness (QED) is 0.540. The molecule has 0 bridgehead atoms. The molecule has 0 radical (unpaired) electrons. The van der Waals surface area contributed by atoms with Crippen molar-refractivity contribution >= 4 is 0 Å². The molecule has 1 aromatic rings. The molecule has 1 aliphatic heterocycles. The van der Waals surface area contributed by atoms with E-state index in [-0.39, 0.29) is 0 Å². The molecule has 1 aromatic carbocycles. The van der Waals surface area contributed by atoms with Gasteiger partial charge >= 0.3 is 0 Å². The first-order valence-corrected chi connectivity index (χ1v) is 5.06. The predicted octanol–water partition coefficient (Wildman–Crippen LogP) is -1.18. The Morgan fingerprint density at radius 1 is 1.31 bits per heavy atom. The van der Waals surface area contributed by atoms with E-state index in [0.29, 0.717) is 6.04 Å². The summed E-state index contributed by atoms with van der Waals surface area (Å²) in [6, 6.07) is 11.5. The van der Waals surface area contributed by atoms with Gasteiger partial charge in [-0.1, -0.05) is 30.3 Å². The van der Waals surface area contributed by atoms with Crippen molar-refractivity contribution in [3.8, 4) is 0 Å². The zero-order valence-electron chi connectivity index (χ0n) is 8.16. The van der Waals surface area contributed by atoms with Crippen LogP contribution in [0, 0.1) is 0 Å². The highest BCUT2D eigenvalue weighted by Gasteiger charge is 2.23. The van der Waals surface area contributed by atoms with E-state index in [1.807, 2.05) is 0 Å². The van der Waals surface area contributed by atoms with Gasteiger partial charge in [-0.05, 0) is 0 Å². The molecule has 1 unspecified atom stereocenters. The average Bonchev–Trinajstić information content (AvgIpc) is 2.19. The van der Waals surface area contributed by atoms with Crippen LogP contribution in [0.4, 0.5) is 0 Å². The molecule has 2 heteroatoms. The van der Waals surface area contributed by atoms with Gasteiger partial charge in [0.15, 0.2) is 6.04 Å². The summed E-state index contributed by atoms with van der Waals surface area (Å²) in [5.74, 6) is 0. The largest absolute Gasteiger partial charge is 0.331 e. The minimum absolute atomic E-state index is 0.676. The van der Waals surface area contributed by atoms with Gasteiger partial charge in [0.2, 0.25) is 0 Å². The minimum Gasteiger partial charge on any atom is -0.331 e. The zero-order valence-corrected chi connectivity index (χ0v) is 8.16. The van der Waals surface area contributed by atoms with E-state index in [9.17, 15) is 0 Å². The summed E-state index contributed by atoms with van der Waals surface area (Å²) in [5.41, 5.74) is 1.47. The lowest BCUT2D eigenvalue weighted by atomic mass is 10.1. The molecule has 0 amide bonds. The number of likely N-dealkylation sites (N-methyl/N-ethyl adjacent to an activating group) is 1. The summed E-state index contributed by atoms with van der Waals surface area (Å²) in [5, 5.41) is 2.46. The standard InChI is InChI=1S/C11H16N2/c1-13-8-7-12-11(9-13)10-5-3-2-4-6-10/h2-6,11-12H,7-9H2,1H3/p+2/t11-/m1/s1. The van der Waals surface area contributed by atoms with Crippen molar-refractivity contribution in [1.29, 1.82) is 0 Å². The highest BCUT2D eigenvalue weighted by Crippen LogP contribution is 2.06. The molecule has 0 spiro atoms. The van der Waals surface area contributed by atoms with Crippen LogP contribution in [0.1, 0.15) is 11.6 Å². The summed E-state index contributed by atoms with van der Waals surface area (Å²) in [6.45, 7) is 3.80. The topological polar surface area (TPSA) is 21.1 Å². The Kier molecular flexibility index (Phi) is 2.62. The lowest BCUT2D eigenvalue weighted by Gasteiger charge is -2.25. The van der Waals surface area contributed by atoms with Crippen molar-refractivity contribution < 1.29 is 10.2 Å². The van der Waals surface area contributed by atoms with E-state index in [1.165, 1.54) is 25.2 Å². The van der Waals surface area contributed by atoms with E-state index < -0.39 is 0 Å². The van der Waals surface area contributed by atoms with Gasteiger partial charge in [0, 0.05) is 5.56 Å². The second-order valence-corrected chi connectivity index (χ2v) is 3.95. The highest BCUT2D eigenvalue weighted by atomic mass is 15.2. The van der Waals surface area contributed by atoms with Gasteiger partial charge in [-0.15, -0.1) is 0 Å². The van der Waals surface area contributed by atoms with Crippen molar-refractivity contribution in [3.05, 3.63) is 35.9 Å². The number of hydrogen-bond acceptors (Lipinski definition) is 0. The van der Waals surface area contributed by atoms with Crippen LogP contribution < -0.4 is 10.2 Å². The molecule has 1 heterocycles. The van der Waals surface area contributed by atoms with Gasteiger partial charge in [0.25, 0.3) is 0 Å². The summed E-state index contributed by atoms with van der Waals surface area (Å²) in [4.78, 5) is 1.65. The molecular weight excluding hydrogens is 160 g/mol. The highest BCUT2D eigenvalue weighted by molar-refractivity contribution is 5.16. The molecule has 2 atom stereocenters. The maximum atomic E-state index is 2.46. The lowest BCUT2D eigenvalue weighted by Crippen LogP contribution is -3.18. The first-order valence-electron chi connectivity index (χ1n) is 5.06. The molecule has 0 saturated carbocycles. The Bertz CT molecular complexity index is 258. The Balaban J connectivity index is 2.08. The number of benzene rings is 1. The number of rotatable bonds is 1. The number of nitrogens with one attached hydrogen (secondary N) is 1. The van der Waals surface area contributed by atoms with Gasteiger partial charge in [0.1, 0.15) is 19.6 Å². The van der Waals surface area contributed by atoms with Gasteiger partial charge in [-0.2, -0.15) is 0 Å². The molecule has 1 aliphatic rings. The van der Waals surface area contributed by atoms with Crippen LogP contribution in [0.2, 0.25) is 0 Å². The smallest absolute Gasteiger partial charge is 0.161 e. The Hall–Kier alpha value is -0.860. The maximum Gasteiger partial charge on any atom is 0.161 e.